The van der Waals surface area contributed by atoms with Gasteiger partial charge in [-0.05, 0) is 25.5 Å². The van der Waals surface area contributed by atoms with Crippen LogP contribution in [0.2, 0.25) is 0 Å². The molecule has 1 aromatic carbocycles. The number of rotatable bonds is 3. The van der Waals surface area contributed by atoms with Crippen LogP contribution >= 0.6 is 0 Å². The summed E-state index contributed by atoms with van der Waals surface area (Å²) in [6.45, 7) is 6.01. The number of carbonyl (C=O) groups excluding carboxylic acids is 1. The van der Waals surface area contributed by atoms with Crippen molar-refractivity contribution in [3.63, 3.8) is 0 Å². The zero-order chi connectivity index (χ0) is 13.8. The summed E-state index contributed by atoms with van der Waals surface area (Å²) < 4.78 is 5.27. The van der Waals surface area contributed by atoms with Crippen LogP contribution in [0.1, 0.15) is 21.5 Å². The Labute approximate surface area is 113 Å². The third-order valence-electron chi connectivity index (χ3n) is 3.36. The van der Waals surface area contributed by atoms with Gasteiger partial charge in [0.15, 0.2) is 11.9 Å². The van der Waals surface area contributed by atoms with Gasteiger partial charge in [-0.15, -0.1) is 0 Å². The summed E-state index contributed by atoms with van der Waals surface area (Å²) in [5.41, 5.74) is 2.87. The van der Waals surface area contributed by atoms with Crippen LogP contribution < -0.4 is 0 Å². The van der Waals surface area contributed by atoms with Crippen molar-refractivity contribution < 1.29 is 9.53 Å². The van der Waals surface area contributed by atoms with Crippen LogP contribution in [0.25, 0.3) is 0 Å². The fourth-order valence-electron chi connectivity index (χ4n) is 2.25. The molecule has 1 aromatic rings. The number of nitriles is 1. The number of ether oxygens (including phenoxy) is 1. The van der Waals surface area contributed by atoms with E-state index in [0.29, 0.717) is 26.2 Å². The Morgan fingerprint density at radius 1 is 1.53 bits per heavy atom. The number of benzene rings is 1. The highest BCUT2D eigenvalue weighted by Crippen LogP contribution is 2.13. The number of Topliss-reactive ketones (excluding diaryl/α,β-unsaturated/α-hetero) is 1. The van der Waals surface area contributed by atoms with Crippen molar-refractivity contribution in [2.45, 2.75) is 20.0 Å². The van der Waals surface area contributed by atoms with Crippen molar-refractivity contribution in [2.24, 2.45) is 0 Å². The molecule has 1 saturated heterocycles. The van der Waals surface area contributed by atoms with Crippen molar-refractivity contribution in [3.05, 3.63) is 34.9 Å². The van der Waals surface area contributed by atoms with Gasteiger partial charge in [0.1, 0.15) is 0 Å². The van der Waals surface area contributed by atoms with E-state index in [4.69, 9.17) is 10.00 Å². The maximum atomic E-state index is 12.3. The molecule has 0 N–H and O–H groups in total. The van der Waals surface area contributed by atoms with Gasteiger partial charge in [0.2, 0.25) is 0 Å². The second-order valence-corrected chi connectivity index (χ2v) is 4.97. The molecular weight excluding hydrogens is 240 g/mol. The highest BCUT2D eigenvalue weighted by Gasteiger charge is 2.22. The first-order valence-electron chi connectivity index (χ1n) is 6.44. The molecule has 1 atom stereocenters. The predicted molar refractivity (Wildman–Crippen MR) is 72.0 cm³/mol. The Hall–Kier alpha value is -1.70. The molecule has 0 amide bonds. The summed E-state index contributed by atoms with van der Waals surface area (Å²) >= 11 is 0. The fourth-order valence-corrected chi connectivity index (χ4v) is 2.25. The summed E-state index contributed by atoms with van der Waals surface area (Å²) in [6, 6.07) is 8.00. The van der Waals surface area contributed by atoms with Crippen LogP contribution in [0, 0.1) is 25.2 Å². The van der Waals surface area contributed by atoms with Gasteiger partial charge in [-0.2, -0.15) is 5.26 Å². The van der Waals surface area contributed by atoms with Gasteiger partial charge in [-0.3, -0.25) is 9.69 Å². The third-order valence-corrected chi connectivity index (χ3v) is 3.36. The number of carbonyl (C=O) groups is 1. The largest absolute Gasteiger partial charge is 0.361 e. The van der Waals surface area contributed by atoms with Crippen molar-refractivity contribution in [1.29, 1.82) is 5.26 Å². The lowest BCUT2D eigenvalue weighted by atomic mass is 10.0. The average Bonchev–Trinajstić information content (AvgIpc) is 2.41. The minimum atomic E-state index is -0.417. The molecular formula is C15H18N2O2. The van der Waals surface area contributed by atoms with Gasteiger partial charge in [0.05, 0.1) is 19.2 Å². The molecule has 100 valence electrons. The van der Waals surface area contributed by atoms with Crippen LogP contribution in [-0.2, 0) is 4.74 Å². The summed E-state index contributed by atoms with van der Waals surface area (Å²) in [5, 5.41) is 8.85. The Balaban J connectivity index is 2.05. The minimum absolute atomic E-state index is 0.111. The van der Waals surface area contributed by atoms with E-state index >= 15 is 0 Å². The molecule has 2 rings (SSSR count). The van der Waals surface area contributed by atoms with E-state index in [1.165, 1.54) is 0 Å². The average molecular weight is 258 g/mol. The van der Waals surface area contributed by atoms with Crippen molar-refractivity contribution in [2.75, 3.05) is 26.2 Å². The lowest BCUT2D eigenvalue weighted by Crippen LogP contribution is -2.44. The Morgan fingerprint density at radius 2 is 2.32 bits per heavy atom. The maximum absolute atomic E-state index is 12.3. The normalized spacial score (nSPS) is 19.9. The molecule has 0 saturated carbocycles. The molecule has 1 aliphatic rings. The molecule has 19 heavy (non-hydrogen) atoms. The molecule has 4 nitrogen and oxygen atoms in total. The standard InChI is InChI=1S/C15H18N2O2/c1-11-3-4-12(2)14(7-11)15(18)10-17-5-6-19-13(8-16)9-17/h3-4,7,13H,5-6,9-10H2,1-2H3. The van der Waals surface area contributed by atoms with Gasteiger partial charge >= 0.3 is 0 Å². The summed E-state index contributed by atoms with van der Waals surface area (Å²) in [5.74, 6) is 0.111. The van der Waals surface area contributed by atoms with Crippen LogP contribution in [0.4, 0.5) is 0 Å². The van der Waals surface area contributed by atoms with Crippen molar-refractivity contribution in [1.82, 2.24) is 4.90 Å². The Kier molecular flexibility index (Phi) is 4.31. The van der Waals surface area contributed by atoms with Gasteiger partial charge in [-0.1, -0.05) is 17.7 Å². The number of hydrogen-bond donors (Lipinski definition) is 0. The molecule has 0 bridgehead atoms. The van der Waals surface area contributed by atoms with Gasteiger partial charge in [0.25, 0.3) is 0 Å². The minimum Gasteiger partial charge on any atom is -0.361 e. The van der Waals surface area contributed by atoms with E-state index < -0.39 is 6.10 Å². The topological polar surface area (TPSA) is 53.3 Å². The van der Waals surface area contributed by atoms with E-state index in [-0.39, 0.29) is 5.78 Å². The second-order valence-electron chi connectivity index (χ2n) is 4.97. The molecule has 1 aliphatic heterocycles. The van der Waals surface area contributed by atoms with Crippen molar-refractivity contribution >= 4 is 5.78 Å². The highest BCUT2D eigenvalue weighted by atomic mass is 16.5. The van der Waals surface area contributed by atoms with Crippen LogP contribution in [-0.4, -0.2) is 43.0 Å². The van der Waals surface area contributed by atoms with Crippen LogP contribution in [0.3, 0.4) is 0 Å². The second kappa shape index (κ2) is 5.96. The van der Waals surface area contributed by atoms with Crippen LogP contribution in [0.15, 0.2) is 18.2 Å². The quantitative estimate of drug-likeness (QED) is 0.774. The summed E-state index contributed by atoms with van der Waals surface area (Å²) in [6.07, 6.45) is -0.417. The number of hydrogen-bond acceptors (Lipinski definition) is 4. The molecule has 0 aromatic heterocycles. The monoisotopic (exact) mass is 258 g/mol. The fraction of sp³-hybridized carbons (Fsp3) is 0.467. The highest BCUT2D eigenvalue weighted by molar-refractivity contribution is 5.99. The Bertz CT molecular complexity index is 519. The SMILES string of the molecule is Cc1ccc(C)c(C(=O)CN2CCOC(C#N)C2)c1. The van der Waals surface area contributed by atoms with E-state index in [9.17, 15) is 4.79 Å². The zero-order valence-corrected chi connectivity index (χ0v) is 11.3. The molecule has 4 heteroatoms. The summed E-state index contributed by atoms with van der Waals surface area (Å²) in [7, 11) is 0. The molecule has 1 heterocycles. The van der Waals surface area contributed by atoms with E-state index in [2.05, 4.69) is 6.07 Å². The molecule has 1 fully saturated rings. The number of ketones is 1. The zero-order valence-electron chi connectivity index (χ0n) is 11.3. The Morgan fingerprint density at radius 3 is 3.05 bits per heavy atom. The third kappa shape index (κ3) is 3.40. The maximum Gasteiger partial charge on any atom is 0.177 e. The first-order chi connectivity index (χ1) is 9.10. The molecule has 0 spiro atoms. The molecule has 0 radical (unpaired) electrons. The smallest absolute Gasteiger partial charge is 0.177 e. The number of nitrogens with zero attached hydrogens (tertiary/aromatic N) is 2. The van der Waals surface area contributed by atoms with Crippen LogP contribution in [0.5, 0.6) is 0 Å². The van der Waals surface area contributed by atoms with E-state index in [0.717, 1.165) is 16.7 Å². The first-order valence-corrected chi connectivity index (χ1v) is 6.44. The lowest BCUT2D eigenvalue weighted by molar-refractivity contribution is 0.00240. The molecule has 0 aliphatic carbocycles. The van der Waals surface area contributed by atoms with E-state index in [1.807, 2.05) is 36.9 Å². The van der Waals surface area contributed by atoms with Crippen molar-refractivity contribution in [3.8, 4) is 6.07 Å². The predicted octanol–water partition coefficient (Wildman–Crippen LogP) is 1.71. The van der Waals surface area contributed by atoms with E-state index in [1.54, 1.807) is 0 Å². The molecule has 1 unspecified atom stereocenters. The number of aryl methyl sites for hydroxylation is 2. The lowest BCUT2D eigenvalue weighted by Gasteiger charge is -2.29. The number of morpholine rings is 1. The first kappa shape index (κ1) is 13.7. The van der Waals surface area contributed by atoms with Gasteiger partial charge < -0.3 is 4.74 Å². The van der Waals surface area contributed by atoms with Gasteiger partial charge in [-0.25, -0.2) is 0 Å². The van der Waals surface area contributed by atoms with Gasteiger partial charge in [0, 0.05) is 18.7 Å². The summed E-state index contributed by atoms with van der Waals surface area (Å²) in [4.78, 5) is 14.3.